The maximum absolute atomic E-state index is 14.6. The van der Waals surface area contributed by atoms with Crippen LogP contribution in [0.25, 0.3) is 0 Å². The molecule has 8 heterocycles. The van der Waals surface area contributed by atoms with E-state index in [-0.39, 0.29) is 0 Å². The Bertz CT molecular complexity index is 3720. The SMILES string of the molecule is CC(=O)N[C@H]1[C@H](O[C@@H]2[C@H](O[C@]3(C(=O)O)C[C@H](O)[C@@H](NC(C)=O)[C@H]([C@H](O[C@]4(C(=O)O)C[C@H](O)[C@@H](NC(C)=O)[C@H]([C@H](O[C@]5(C(=O)O)C[C@H](O)[C@@H](NC(C)=O)[C@H]([C@H](O)[C@H](O)CO)O5)[C@H](O)CO)O4)[C@H](O)CO)O3)[C@@H](O)[C@H](O[C@H]3[C@H](O)[C@@H](O)[C@H](O)O[C@@H]3CO)O[C@@H]2CO)O[C@H](CO)[C@H](O)[C@@H]1O[C@@H]1O[C@H](CO)[C@H](O)[C@H](O[C@]2(C(=O)O)C[C@H](O)[C@@H](NC(C)=O)[C@H]([C@H](O)[C@H](O)CO)O2)[C@H]1O. The van der Waals surface area contributed by atoms with E-state index < -0.39 is 400 Å². The van der Waals surface area contributed by atoms with Crippen molar-refractivity contribution in [2.75, 3.05) is 52.9 Å². The first kappa shape index (κ1) is 107. The van der Waals surface area contributed by atoms with Crippen molar-refractivity contribution < 1.29 is 262 Å². The molecule has 0 spiro atoms. The van der Waals surface area contributed by atoms with Crippen molar-refractivity contribution in [1.82, 2.24) is 26.6 Å². The molecule has 8 aliphatic rings. The third-order valence-corrected chi connectivity index (χ3v) is 22.5. The average Bonchev–Trinajstić information content (AvgIpc) is 0.732. The quantitative estimate of drug-likeness (QED) is 0.0272. The summed E-state index contributed by atoms with van der Waals surface area (Å²) in [5.74, 6) is -30.3. The number of aliphatic hydroxyl groups is 25. The fourth-order valence-corrected chi connectivity index (χ4v) is 16.3. The van der Waals surface area contributed by atoms with E-state index in [1.165, 1.54) is 0 Å². The largest absolute Gasteiger partial charge is 0.477 e. The number of amides is 5. The number of hydrogen-bond donors (Lipinski definition) is 34. The summed E-state index contributed by atoms with van der Waals surface area (Å²) in [6.45, 7) is -7.51. The molecule has 58 heteroatoms. The number of hydrogen-bond acceptors (Lipinski definition) is 49. The Morgan fingerprint density at radius 1 is 0.320 bits per heavy atom. The Hall–Kier alpha value is -6.37. The molecule has 34 N–H and O–H groups in total. The fourth-order valence-electron chi connectivity index (χ4n) is 16.3. The molecule has 736 valence electrons. The summed E-state index contributed by atoms with van der Waals surface area (Å²) < 4.78 is 88.6. The zero-order valence-electron chi connectivity index (χ0n) is 68.3. The lowest BCUT2D eigenvalue weighted by atomic mass is 9.86. The summed E-state index contributed by atoms with van der Waals surface area (Å²) >= 11 is 0. The number of carboxylic acids is 4. The summed E-state index contributed by atoms with van der Waals surface area (Å²) in [6, 6.07) is -10.8. The summed E-state index contributed by atoms with van der Waals surface area (Å²) in [4.78, 5) is 121. The van der Waals surface area contributed by atoms with Gasteiger partial charge in [-0.05, 0) is 0 Å². The zero-order valence-corrected chi connectivity index (χ0v) is 68.3. The van der Waals surface area contributed by atoms with E-state index in [2.05, 4.69) is 26.6 Å². The standard InChI is InChI=1S/C70H113N5O53/c1-18(84)71-35-23(89)6-67(63(106)107,123-53(35)40(97)27(93)10-76)121-48(29(95)12-78)55-37(73-20(3)86)25(91)8-68(125-55,64(108)109)122-49(30(96)13-79)56-38(74-21(4)87)26(92)9-70(126-56,66(112)113)128-58-47(104)62(118-50-33(16-82)114-59(105)45(102)44(50)101)117-34(17-83)51(58)119-60-39(75-22(5)88)52(42(99)31(14-80)115-60)120-61-46(103)57(43(100)32(15-81)116-61)127-69(65(110)111)7-24(90)36(72-19(2)85)54(124-69)41(98)28(94)11-77/h23-62,76-83,89-105H,6-17H2,1-5H3,(H,71,84)(H,72,85)(H,73,86)(H,74,87)(H,75,88)(H,106,107)(H,108,109)(H,110,111)(H,112,113)/t23-,24-,25-,26-,27+,28+,29+,30+,31+,32+,33+,34+,35+,36+,37+,38+,39+,40+,41+,42-,43-,44+,45+,46+,47+,48+,49+,50+,51-,52+,53+,54+,55+,56+,57-,58+,59+,60-,61-,62-,67+,68+,69-,70-/m0/s1. The maximum Gasteiger partial charge on any atom is 0.364 e. The first-order chi connectivity index (χ1) is 59.9. The first-order valence-electron chi connectivity index (χ1n) is 39.6. The van der Waals surface area contributed by atoms with E-state index >= 15 is 0 Å². The number of rotatable bonds is 39. The summed E-state index contributed by atoms with van der Waals surface area (Å²) in [7, 11) is 0. The van der Waals surface area contributed by atoms with Crippen LogP contribution in [0.15, 0.2) is 0 Å². The van der Waals surface area contributed by atoms with Crippen LogP contribution in [0.1, 0.15) is 60.3 Å². The highest BCUT2D eigenvalue weighted by Gasteiger charge is 2.68. The highest BCUT2D eigenvalue weighted by molar-refractivity contribution is 5.79. The van der Waals surface area contributed by atoms with Crippen LogP contribution in [0, 0.1) is 0 Å². The lowest BCUT2D eigenvalue weighted by Crippen LogP contribution is -2.74. The number of carbonyl (C=O) groups is 9. The number of aliphatic hydroxyl groups excluding tert-OH is 25. The summed E-state index contributed by atoms with van der Waals surface area (Å²) in [5.41, 5.74) is 0. The van der Waals surface area contributed by atoms with Crippen molar-refractivity contribution in [3.05, 3.63) is 0 Å². The van der Waals surface area contributed by atoms with Gasteiger partial charge in [-0.2, -0.15) is 0 Å². The molecule has 0 aromatic rings. The van der Waals surface area contributed by atoms with Gasteiger partial charge in [-0.25, -0.2) is 19.2 Å². The van der Waals surface area contributed by atoms with Crippen molar-refractivity contribution in [2.45, 2.75) is 328 Å². The molecule has 0 radical (unpaired) electrons. The second-order valence-corrected chi connectivity index (χ2v) is 31.8. The maximum atomic E-state index is 14.6. The van der Waals surface area contributed by atoms with Gasteiger partial charge in [0.25, 0.3) is 23.1 Å². The summed E-state index contributed by atoms with van der Waals surface area (Å²) in [5, 5.41) is 337. The van der Waals surface area contributed by atoms with Crippen molar-refractivity contribution in [2.24, 2.45) is 0 Å². The highest BCUT2D eigenvalue weighted by Crippen LogP contribution is 2.47. The van der Waals surface area contributed by atoms with Gasteiger partial charge < -0.3 is 246 Å². The minimum atomic E-state index is -3.98. The minimum Gasteiger partial charge on any atom is -0.477 e. The molecule has 0 aromatic heterocycles. The minimum absolute atomic E-state index is 0.724. The van der Waals surface area contributed by atoms with Crippen LogP contribution in [0.4, 0.5) is 0 Å². The Kier molecular flexibility index (Phi) is 37.3. The normalized spacial score (nSPS) is 42.5. The van der Waals surface area contributed by atoms with E-state index in [9.17, 15) is 191 Å². The molecule has 8 rings (SSSR count). The van der Waals surface area contributed by atoms with Gasteiger partial charge in [-0.15, -0.1) is 0 Å². The van der Waals surface area contributed by atoms with Crippen LogP contribution in [-0.2, 0) is 114 Å². The van der Waals surface area contributed by atoms with E-state index in [1.807, 2.05) is 0 Å². The van der Waals surface area contributed by atoms with Crippen molar-refractivity contribution >= 4 is 53.4 Å². The van der Waals surface area contributed by atoms with Gasteiger partial charge in [0.2, 0.25) is 29.5 Å². The van der Waals surface area contributed by atoms with Gasteiger partial charge in [0.1, 0.15) is 171 Å². The van der Waals surface area contributed by atoms with E-state index in [1.54, 1.807) is 0 Å². The lowest BCUT2D eigenvalue weighted by Gasteiger charge is -2.54. The van der Waals surface area contributed by atoms with E-state index in [0.717, 1.165) is 34.6 Å². The molecule has 0 bridgehead atoms. The van der Waals surface area contributed by atoms with Gasteiger partial charge in [-0.1, -0.05) is 0 Å². The molecule has 128 heavy (non-hydrogen) atoms. The van der Waals surface area contributed by atoms with Crippen molar-refractivity contribution in [3.63, 3.8) is 0 Å². The number of aliphatic carboxylic acids is 4. The predicted molar refractivity (Wildman–Crippen MR) is 391 cm³/mol. The van der Waals surface area contributed by atoms with Crippen LogP contribution >= 0.6 is 0 Å². The molecule has 0 unspecified atom stereocenters. The number of carboxylic acid groups (broad SMARTS) is 4. The molecule has 0 aliphatic carbocycles. The molecule has 8 saturated heterocycles. The van der Waals surface area contributed by atoms with Gasteiger partial charge >= 0.3 is 23.9 Å². The topological polar surface area (TPSA) is 939 Å². The smallest absolute Gasteiger partial charge is 0.364 e. The molecular formula is C70H113N5O53. The van der Waals surface area contributed by atoms with Crippen molar-refractivity contribution in [1.29, 1.82) is 0 Å². The molecule has 8 fully saturated rings. The Labute approximate surface area is 721 Å². The van der Waals surface area contributed by atoms with E-state index in [0.29, 0.717) is 0 Å². The molecule has 58 nitrogen and oxygen atoms in total. The summed E-state index contributed by atoms with van der Waals surface area (Å²) in [6.07, 6.45) is -94.2. The average molecular weight is 1870 g/mol. The van der Waals surface area contributed by atoms with Crippen LogP contribution < -0.4 is 26.6 Å². The van der Waals surface area contributed by atoms with Crippen LogP contribution in [0.2, 0.25) is 0 Å². The predicted octanol–water partition coefficient (Wildman–Crippen LogP) is -20.9. The molecule has 44 atom stereocenters. The molecular weight excluding hydrogens is 1760 g/mol. The van der Waals surface area contributed by atoms with Gasteiger partial charge in [0, 0.05) is 60.3 Å². The first-order valence-corrected chi connectivity index (χ1v) is 39.6. The van der Waals surface area contributed by atoms with Gasteiger partial charge in [0.05, 0.1) is 101 Å². The molecule has 5 amide bonds. The monoisotopic (exact) mass is 1870 g/mol. The van der Waals surface area contributed by atoms with Crippen LogP contribution in [-0.4, -0.2) is 522 Å². The highest BCUT2D eigenvalue weighted by atomic mass is 16.8. The number of carbonyl (C=O) groups excluding carboxylic acids is 5. The second kappa shape index (κ2) is 44.7. The fraction of sp³-hybridized carbons (Fsp3) is 0.871. The zero-order chi connectivity index (χ0) is 95.9. The molecule has 0 saturated carbocycles. The van der Waals surface area contributed by atoms with Gasteiger partial charge in [-0.3, -0.25) is 24.0 Å². The third-order valence-electron chi connectivity index (χ3n) is 22.5. The van der Waals surface area contributed by atoms with E-state index in [4.69, 9.17) is 71.1 Å². The van der Waals surface area contributed by atoms with Crippen molar-refractivity contribution in [3.8, 4) is 0 Å². The Morgan fingerprint density at radius 3 is 0.977 bits per heavy atom. The second-order valence-electron chi connectivity index (χ2n) is 31.8. The number of ether oxygens (including phenoxy) is 15. The molecule has 8 aliphatic heterocycles. The van der Waals surface area contributed by atoms with Crippen LogP contribution in [0.5, 0.6) is 0 Å². The van der Waals surface area contributed by atoms with Gasteiger partial charge in [0.15, 0.2) is 25.2 Å². The Morgan fingerprint density at radius 2 is 0.609 bits per heavy atom. The lowest BCUT2D eigenvalue weighted by molar-refractivity contribution is -0.408. The Balaban J connectivity index is 1.25. The molecule has 0 aromatic carbocycles. The van der Waals surface area contributed by atoms with Crippen LogP contribution in [0.3, 0.4) is 0 Å². The number of nitrogens with one attached hydrogen (secondary N) is 5. The third kappa shape index (κ3) is 23.2.